The highest BCUT2D eigenvalue weighted by atomic mass is 32.2. The molecular formula is C23H23N3O4S2. The van der Waals surface area contributed by atoms with Crippen LogP contribution >= 0.6 is 11.3 Å². The van der Waals surface area contributed by atoms with Crippen LogP contribution in [0.3, 0.4) is 0 Å². The maximum Gasteiger partial charge on any atom is 0.229 e. The van der Waals surface area contributed by atoms with Crippen LogP contribution in [0.25, 0.3) is 11.3 Å². The van der Waals surface area contributed by atoms with Gasteiger partial charge in [-0.25, -0.2) is 17.7 Å². The van der Waals surface area contributed by atoms with E-state index in [-0.39, 0.29) is 17.6 Å². The number of rotatable bonds is 6. The van der Waals surface area contributed by atoms with E-state index in [1.54, 1.807) is 12.1 Å². The zero-order chi connectivity index (χ0) is 22.7. The van der Waals surface area contributed by atoms with Crippen molar-refractivity contribution < 1.29 is 18.0 Å². The molecule has 1 N–H and O–H groups in total. The average molecular weight is 470 g/mol. The first kappa shape index (κ1) is 22.3. The minimum absolute atomic E-state index is 0.149. The predicted octanol–water partition coefficient (Wildman–Crippen LogP) is 3.65. The second-order valence-corrected chi connectivity index (χ2v) is 10.7. The smallest absolute Gasteiger partial charge is 0.229 e. The van der Waals surface area contributed by atoms with Crippen LogP contribution in [-0.2, 0) is 14.8 Å². The number of nitrogens with one attached hydrogen (secondary N) is 1. The van der Waals surface area contributed by atoms with Crippen molar-refractivity contribution in [3.05, 3.63) is 71.1 Å². The van der Waals surface area contributed by atoms with Crippen LogP contribution in [-0.4, -0.2) is 48.7 Å². The Morgan fingerprint density at radius 3 is 2.19 bits per heavy atom. The molecule has 0 spiro atoms. The quantitative estimate of drug-likeness (QED) is 0.556. The van der Waals surface area contributed by atoms with Crippen molar-refractivity contribution in [2.24, 2.45) is 5.92 Å². The number of aromatic nitrogens is 1. The van der Waals surface area contributed by atoms with E-state index in [4.69, 9.17) is 0 Å². The largest absolute Gasteiger partial charge is 0.302 e. The molecule has 0 unspecified atom stereocenters. The van der Waals surface area contributed by atoms with E-state index in [2.05, 4.69) is 10.3 Å². The molecule has 1 fully saturated rings. The molecule has 7 nitrogen and oxygen atoms in total. The van der Waals surface area contributed by atoms with Crippen LogP contribution in [0.15, 0.2) is 60.7 Å². The number of piperidine rings is 1. The van der Waals surface area contributed by atoms with Crippen LogP contribution in [0.2, 0.25) is 0 Å². The Kier molecular flexibility index (Phi) is 6.50. The second kappa shape index (κ2) is 9.32. The molecule has 1 aromatic heterocycles. The fourth-order valence-electron chi connectivity index (χ4n) is 3.70. The molecule has 32 heavy (non-hydrogen) atoms. The van der Waals surface area contributed by atoms with Gasteiger partial charge in [-0.3, -0.25) is 9.59 Å². The molecule has 1 amide bonds. The topological polar surface area (TPSA) is 96.4 Å². The zero-order valence-electron chi connectivity index (χ0n) is 17.5. The first-order chi connectivity index (χ1) is 15.3. The number of benzene rings is 2. The average Bonchev–Trinajstić information content (AvgIpc) is 3.23. The Morgan fingerprint density at radius 2 is 1.59 bits per heavy atom. The van der Waals surface area contributed by atoms with Gasteiger partial charge < -0.3 is 5.32 Å². The summed E-state index contributed by atoms with van der Waals surface area (Å²) in [6.07, 6.45) is 2.08. The maximum atomic E-state index is 13.2. The standard InChI is InChI=1S/C23H23N3O4S2/c1-32(29,30)26-14-12-18(13-15-26)22(28)25-23-24-19(16-8-4-2-5-9-16)21(31-23)20(27)17-10-6-3-7-11-17/h2-11,18H,12-15H2,1H3,(H,24,25,28). The molecule has 1 aliphatic rings. The fraction of sp³-hybridized carbons (Fsp3) is 0.261. The molecule has 1 aliphatic heterocycles. The Hall–Kier alpha value is -2.88. The lowest BCUT2D eigenvalue weighted by atomic mass is 9.97. The molecule has 0 atom stereocenters. The minimum Gasteiger partial charge on any atom is -0.302 e. The molecular weight excluding hydrogens is 446 g/mol. The van der Waals surface area contributed by atoms with E-state index in [1.165, 1.54) is 10.6 Å². The maximum absolute atomic E-state index is 13.2. The third-order valence-electron chi connectivity index (χ3n) is 5.44. The first-order valence-electron chi connectivity index (χ1n) is 10.2. The summed E-state index contributed by atoms with van der Waals surface area (Å²) in [5, 5.41) is 3.21. The third-order valence-corrected chi connectivity index (χ3v) is 7.71. The highest BCUT2D eigenvalue weighted by molar-refractivity contribution is 7.88. The number of sulfonamides is 1. The Morgan fingerprint density at radius 1 is 1.00 bits per heavy atom. The molecule has 0 saturated carbocycles. The van der Waals surface area contributed by atoms with Gasteiger partial charge in [-0.15, -0.1) is 0 Å². The summed E-state index contributed by atoms with van der Waals surface area (Å²) in [4.78, 5) is 31.0. The van der Waals surface area contributed by atoms with E-state index >= 15 is 0 Å². The van der Waals surface area contributed by atoms with Gasteiger partial charge in [0.2, 0.25) is 21.7 Å². The zero-order valence-corrected chi connectivity index (χ0v) is 19.2. The van der Waals surface area contributed by atoms with Gasteiger partial charge in [0.15, 0.2) is 5.13 Å². The SMILES string of the molecule is CS(=O)(=O)N1CCC(C(=O)Nc2nc(-c3ccccc3)c(C(=O)c3ccccc3)s2)CC1. The molecule has 0 bridgehead atoms. The molecule has 0 radical (unpaired) electrons. The van der Waals surface area contributed by atoms with Crippen LogP contribution in [0.5, 0.6) is 0 Å². The van der Waals surface area contributed by atoms with Gasteiger partial charge in [-0.1, -0.05) is 72.0 Å². The minimum atomic E-state index is -3.25. The van der Waals surface area contributed by atoms with Crippen LogP contribution < -0.4 is 5.32 Å². The number of amides is 1. The molecule has 0 aliphatic carbocycles. The lowest BCUT2D eigenvalue weighted by molar-refractivity contribution is -0.120. The van der Waals surface area contributed by atoms with Crippen LogP contribution in [0.1, 0.15) is 28.1 Å². The molecule has 9 heteroatoms. The summed E-state index contributed by atoms with van der Waals surface area (Å²) in [6, 6.07) is 18.4. The number of carbonyl (C=O) groups is 2. The lowest BCUT2D eigenvalue weighted by Gasteiger charge is -2.29. The summed E-state index contributed by atoms with van der Waals surface area (Å²) >= 11 is 1.16. The van der Waals surface area contributed by atoms with E-state index < -0.39 is 10.0 Å². The Balaban J connectivity index is 1.57. The molecule has 166 valence electrons. The third kappa shape index (κ3) is 4.95. The molecule has 3 aromatic rings. The normalized spacial score (nSPS) is 15.4. The van der Waals surface area contributed by atoms with Crippen molar-refractivity contribution >= 4 is 38.2 Å². The van der Waals surface area contributed by atoms with Crippen molar-refractivity contribution in [3.8, 4) is 11.3 Å². The van der Waals surface area contributed by atoms with Gasteiger partial charge in [0.1, 0.15) is 4.88 Å². The van der Waals surface area contributed by atoms with Gasteiger partial charge in [-0.05, 0) is 12.8 Å². The summed E-state index contributed by atoms with van der Waals surface area (Å²) in [7, 11) is -3.25. The van der Waals surface area contributed by atoms with Gasteiger partial charge in [0.25, 0.3) is 0 Å². The number of hydrogen-bond acceptors (Lipinski definition) is 6. The monoisotopic (exact) mass is 469 g/mol. The summed E-state index contributed by atoms with van der Waals surface area (Å²) < 4.78 is 24.8. The molecule has 4 rings (SSSR count). The number of carbonyl (C=O) groups excluding carboxylic acids is 2. The van der Waals surface area contributed by atoms with Gasteiger partial charge in [0, 0.05) is 30.1 Å². The Bertz CT molecular complexity index is 1220. The van der Waals surface area contributed by atoms with Crippen molar-refractivity contribution in [1.29, 1.82) is 0 Å². The van der Waals surface area contributed by atoms with Crippen molar-refractivity contribution in [2.75, 3.05) is 24.7 Å². The number of anilines is 1. The van der Waals surface area contributed by atoms with E-state index in [0.717, 1.165) is 16.9 Å². The van der Waals surface area contributed by atoms with E-state index in [1.807, 2.05) is 48.5 Å². The predicted molar refractivity (Wildman–Crippen MR) is 125 cm³/mol. The Labute approximate surface area is 191 Å². The van der Waals surface area contributed by atoms with Gasteiger partial charge in [-0.2, -0.15) is 0 Å². The van der Waals surface area contributed by atoms with E-state index in [9.17, 15) is 18.0 Å². The number of nitrogens with zero attached hydrogens (tertiary/aromatic N) is 2. The summed E-state index contributed by atoms with van der Waals surface area (Å²) in [5.74, 6) is -0.653. The first-order valence-corrected chi connectivity index (χ1v) is 12.9. The van der Waals surface area contributed by atoms with Crippen molar-refractivity contribution in [2.45, 2.75) is 12.8 Å². The highest BCUT2D eigenvalue weighted by Gasteiger charge is 2.30. The summed E-state index contributed by atoms with van der Waals surface area (Å²) in [5.41, 5.74) is 1.89. The molecule has 1 saturated heterocycles. The molecule has 2 aromatic carbocycles. The number of thiazole rings is 1. The van der Waals surface area contributed by atoms with Gasteiger partial charge >= 0.3 is 0 Å². The summed E-state index contributed by atoms with van der Waals surface area (Å²) in [6.45, 7) is 0.642. The number of ketones is 1. The fourth-order valence-corrected chi connectivity index (χ4v) is 5.52. The van der Waals surface area contributed by atoms with Crippen molar-refractivity contribution in [3.63, 3.8) is 0 Å². The lowest BCUT2D eigenvalue weighted by Crippen LogP contribution is -2.40. The van der Waals surface area contributed by atoms with Crippen molar-refractivity contribution in [1.82, 2.24) is 9.29 Å². The highest BCUT2D eigenvalue weighted by Crippen LogP contribution is 2.33. The molecule has 2 heterocycles. The number of hydrogen-bond donors (Lipinski definition) is 1. The second-order valence-electron chi connectivity index (χ2n) is 7.68. The van der Waals surface area contributed by atoms with Crippen LogP contribution in [0, 0.1) is 5.92 Å². The van der Waals surface area contributed by atoms with Gasteiger partial charge in [0.05, 0.1) is 11.9 Å². The van der Waals surface area contributed by atoms with Crippen LogP contribution in [0.4, 0.5) is 5.13 Å². The van der Waals surface area contributed by atoms with E-state index in [0.29, 0.717) is 47.2 Å².